The maximum absolute atomic E-state index is 5.53. The molecule has 2 aromatic heterocycles. The van der Waals surface area contributed by atoms with Crippen LogP contribution in [0.2, 0.25) is 0 Å². The Morgan fingerprint density at radius 1 is 1.38 bits per heavy atom. The third kappa shape index (κ3) is 2.32. The zero-order valence-corrected chi connectivity index (χ0v) is 10.4. The van der Waals surface area contributed by atoms with Crippen LogP contribution in [0.4, 0.5) is 0 Å². The second-order valence-electron chi connectivity index (χ2n) is 3.47. The van der Waals surface area contributed by atoms with Crippen LogP contribution in [-0.4, -0.2) is 4.98 Å². The molecule has 0 bridgehead atoms. The molecule has 0 aliphatic heterocycles. The van der Waals surface area contributed by atoms with Crippen LogP contribution in [0, 0.1) is 6.92 Å². The summed E-state index contributed by atoms with van der Waals surface area (Å²) in [5.41, 5.74) is 4.65. The lowest BCUT2D eigenvalue weighted by Crippen LogP contribution is -2.28. The van der Waals surface area contributed by atoms with Crippen LogP contribution >= 0.6 is 15.9 Å². The third-order valence-electron chi connectivity index (χ3n) is 2.31. The van der Waals surface area contributed by atoms with E-state index in [-0.39, 0.29) is 6.04 Å². The van der Waals surface area contributed by atoms with Gasteiger partial charge in [0.1, 0.15) is 11.8 Å². The van der Waals surface area contributed by atoms with Gasteiger partial charge in [0.2, 0.25) is 0 Å². The first-order chi connectivity index (χ1) is 7.70. The van der Waals surface area contributed by atoms with Crippen LogP contribution in [0.1, 0.15) is 23.1 Å². The molecule has 0 amide bonds. The molecule has 2 aromatic rings. The lowest BCUT2D eigenvalue weighted by Gasteiger charge is -2.13. The topological polar surface area (TPSA) is 64.1 Å². The molecule has 0 aromatic carbocycles. The number of halogens is 1. The summed E-state index contributed by atoms with van der Waals surface area (Å²) in [4.78, 5) is 4.23. The quantitative estimate of drug-likeness (QED) is 0.669. The fraction of sp³-hybridized carbons (Fsp3) is 0.182. The van der Waals surface area contributed by atoms with Crippen LogP contribution in [0.5, 0.6) is 0 Å². The molecular formula is C11H12BrN3O. The number of nitrogens with one attached hydrogen (secondary N) is 1. The van der Waals surface area contributed by atoms with Gasteiger partial charge >= 0.3 is 0 Å². The van der Waals surface area contributed by atoms with E-state index in [9.17, 15) is 0 Å². The summed E-state index contributed by atoms with van der Waals surface area (Å²) < 4.78 is 6.15. The summed E-state index contributed by atoms with van der Waals surface area (Å²) in [5.74, 6) is 6.28. The van der Waals surface area contributed by atoms with Gasteiger partial charge in [-0.2, -0.15) is 0 Å². The number of pyridine rings is 1. The summed E-state index contributed by atoms with van der Waals surface area (Å²) in [5, 5.41) is 0. The van der Waals surface area contributed by atoms with Gasteiger partial charge in [0.05, 0.1) is 0 Å². The highest BCUT2D eigenvalue weighted by atomic mass is 79.9. The predicted molar refractivity (Wildman–Crippen MR) is 64.5 cm³/mol. The van der Waals surface area contributed by atoms with Crippen molar-refractivity contribution in [3.8, 4) is 0 Å². The zero-order valence-electron chi connectivity index (χ0n) is 8.77. The van der Waals surface area contributed by atoms with Gasteiger partial charge in [-0.05, 0) is 46.6 Å². The first kappa shape index (κ1) is 11.3. The highest BCUT2D eigenvalue weighted by Crippen LogP contribution is 2.25. The van der Waals surface area contributed by atoms with E-state index in [4.69, 9.17) is 10.3 Å². The fourth-order valence-electron chi connectivity index (χ4n) is 1.48. The van der Waals surface area contributed by atoms with Gasteiger partial charge in [0.15, 0.2) is 4.67 Å². The Kier molecular flexibility index (Phi) is 3.38. The summed E-state index contributed by atoms with van der Waals surface area (Å²) in [6, 6.07) is 7.44. The van der Waals surface area contributed by atoms with Crippen molar-refractivity contribution < 1.29 is 4.42 Å². The normalized spacial score (nSPS) is 12.7. The van der Waals surface area contributed by atoms with Crippen LogP contribution in [-0.2, 0) is 0 Å². The van der Waals surface area contributed by atoms with Crippen molar-refractivity contribution in [3.05, 3.63) is 52.1 Å². The number of rotatable bonds is 3. The summed E-state index contributed by atoms with van der Waals surface area (Å²) in [6.45, 7) is 1.94. The summed E-state index contributed by atoms with van der Waals surface area (Å²) in [7, 11) is 0. The van der Waals surface area contributed by atoms with E-state index in [0.29, 0.717) is 4.67 Å². The number of nitrogens with zero attached hydrogens (tertiary/aromatic N) is 1. The molecule has 84 valence electrons. The van der Waals surface area contributed by atoms with Crippen molar-refractivity contribution in [1.29, 1.82) is 0 Å². The molecule has 0 radical (unpaired) electrons. The minimum atomic E-state index is -0.181. The molecule has 1 unspecified atom stereocenters. The van der Waals surface area contributed by atoms with Gasteiger partial charge < -0.3 is 4.42 Å². The second-order valence-corrected chi connectivity index (χ2v) is 4.26. The molecule has 4 nitrogen and oxygen atoms in total. The van der Waals surface area contributed by atoms with Crippen molar-refractivity contribution in [1.82, 2.24) is 10.4 Å². The molecule has 0 saturated carbocycles. The molecule has 0 aliphatic carbocycles. The van der Waals surface area contributed by atoms with Gasteiger partial charge in [-0.3, -0.25) is 10.8 Å². The predicted octanol–water partition coefficient (Wildman–Crippen LogP) is 2.30. The molecule has 0 fully saturated rings. The number of nitrogens with two attached hydrogens (primary N) is 1. The Morgan fingerprint density at radius 2 is 2.19 bits per heavy atom. The lowest BCUT2D eigenvalue weighted by molar-refractivity contribution is 0.437. The van der Waals surface area contributed by atoms with Crippen LogP contribution in [0.3, 0.4) is 0 Å². The van der Waals surface area contributed by atoms with Gasteiger partial charge in [0.25, 0.3) is 0 Å². The largest absolute Gasteiger partial charge is 0.452 e. The van der Waals surface area contributed by atoms with E-state index in [2.05, 4.69) is 26.3 Å². The molecule has 0 spiro atoms. The monoisotopic (exact) mass is 281 g/mol. The molecule has 2 rings (SSSR count). The second kappa shape index (κ2) is 4.78. The Morgan fingerprint density at radius 3 is 2.69 bits per heavy atom. The van der Waals surface area contributed by atoms with Gasteiger partial charge in [-0.25, -0.2) is 5.43 Å². The minimum absolute atomic E-state index is 0.181. The SMILES string of the molecule is Cc1ccc(C(NN)c2ccc(Br)o2)cn1. The van der Waals surface area contributed by atoms with Crippen molar-refractivity contribution in [2.24, 2.45) is 5.84 Å². The maximum Gasteiger partial charge on any atom is 0.169 e. The number of aryl methyl sites for hydroxylation is 1. The van der Waals surface area contributed by atoms with E-state index < -0.39 is 0 Å². The molecule has 0 saturated heterocycles. The summed E-state index contributed by atoms with van der Waals surface area (Å²) in [6.07, 6.45) is 1.79. The van der Waals surface area contributed by atoms with Crippen molar-refractivity contribution >= 4 is 15.9 Å². The number of hydrazine groups is 1. The van der Waals surface area contributed by atoms with Crippen LogP contribution < -0.4 is 11.3 Å². The summed E-state index contributed by atoms with van der Waals surface area (Å²) >= 11 is 3.26. The first-order valence-electron chi connectivity index (χ1n) is 4.84. The Bertz CT molecular complexity index is 466. The fourth-order valence-corrected chi connectivity index (χ4v) is 1.80. The van der Waals surface area contributed by atoms with Gasteiger partial charge in [-0.1, -0.05) is 6.07 Å². The van der Waals surface area contributed by atoms with Crippen LogP contribution in [0.25, 0.3) is 0 Å². The average Bonchev–Trinajstić information content (AvgIpc) is 2.69. The minimum Gasteiger partial charge on any atom is -0.452 e. The number of furan rings is 1. The average molecular weight is 282 g/mol. The third-order valence-corrected chi connectivity index (χ3v) is 2.74. The van der Waals surface area contributed by atoms with Gasteiger partial charge in [-0.15, -0.1) is 0 Å². The Hall–Kier alpha value is -1.17. The Labute approximate surface area is 102 Å². The smallest absolute Gasteiger partial charge is 0.169 e. The molecule has 1 atom stereocenters. The molecule has 5 heteroatoms. The van der Waals surface area contributed by atoms with Gasteiger partial charge in [0, 0.05) is 11.9 Å². The molecular weight excluding hydrogens is 270 g/mol. The van der Waals surface area contributed by atoms with E-state index in [0.717, 1.165) is 17.0 Å². The van der Waals surface area contributed by atoms with Crippen molar-refractivity contribution in [3.63, 3.8) is 0 Å². The number of hydrogen-bond acceptors (Lipinski definition) is 4. The highest BCUT2D eigenvalue weighted by molar-refractivity contribution is 9.10. The Balaban J connectivity index is 2.32. The van der Waals surface area contributed by atoms with E-state index in [1.165, 1.54) is 0 Å². The van der Waals surface area contributed by atoms with E-state index >= 15 is 0 Å². The number of hydrogen-bond donors (Lipinski definition) is 2. The molecule has 16 heavy (non-hydrogen) atoms. The standard InChI is InChI=1S/C11H12BrN3O/c1-7-2-3-8(6-14-7)11(15-13)9-4-5-10(12)16-9/h2-6,11,15H,13H2,1H3. The van der Waals surface area contributed by atoms with E-state index in [1.807, 2.05) is 31.2 Å². The maximum atomic E-state index is 5.53. The number of aromatic nitrogens is 1. The van der Waals surface area contributed by atoms with Crippen LogP contribution in [0.15, 0.2) is 39.5 Å². The van der Waals surface area contributed by atoms with Crippen molar-refractivity contribution in [2.45, 2.75) is 13.0 Å². The lowest BCUT2D eigenvalue weighted by atomic mass is 10.1. The zero-order chi connectivity index (χ0) is 11.5. The molecule has 2 heterocycles. The molecule has 0 aliphatic rings. The van der Waals surface area contributed by atoms with E-state index in [1.54, 1.807) is 6.20 Å². The molecule has 3 N–H and O–H groups in total. The first-order valence-corrected chi connectivity index (χ1v) is 5.64. The highest BCUT2D eigenvalue weighted by Gasteiger charge is 2.16. The van der Waals surface area contributed by atoms with Crippen molar-refractivity contribution in [2.75, 3.05) is 0 Å².